The van der Waals surface area contributed by atoms with Crippen molar-refractivity contribution in [3.05, 3.63) is 88.3 Å². The summed E-state index contributed by atoms with van der Waals surface area (Å²) in [6.07, 6.45) is 0. The second-order valence-electron chi connectivity index (χ2n) is 7.53. The highest BCUT2D eigenvalue weighted by atomic mass is 32.1. The highest BCUT2D eigenvalue weighted by molar-refractivity contribution is 7.20. The van der Waals surface area contributed by atoms with Crippen LogP contribution in [0.5, 0.6) is 5.75 Å². The smallest absolute Gasteiger partial charge is 0.283 e. The monoisotopic (exact) mass is 455 g/mol. The molecule has 0 aliphatic heterocycles. The van der Waals surface area contributed by atoms with Crippen LogP contribution in [0.25, 0.3) is 26.6 Å². The lowest BCUT2D eigenvalue weighted by molar-refractivity contribution is 0.415. The standard InChI is InChI=1S/C25H21N5O2S/c1-15-7-6-10-21(26-15)27-16(2)22-23(17-11-13-18(32-3)14-12-17)29-30(24(22)31)25-28-19-8-4-5-9-20(19)33-25/h4-14,29H,1-3H3. The Morgan fingerprint density at radius 3 is 2.55 bits per heavy atom. The van der Waals surface area contributed by atoms with E-state index in [2.05, 4.69) is 20.1 Å². The summed E-state index contributed by atoms with van der Waals surface area (Å²) in [5.74, 6) is 1.29. The van der Waals surface area contributed by atoms with Crippen molar-refractivity contribution in [1.29, 1.82) is 0 Å². The average Bonchev–Trinajstić information content (AvgIpc) is 3.40. The molecule has 5 aromatic rings. The van der Waals surface area contributed by atoms with E-state index in [4.69, 9.17) is 4.74 Å². The maximum atomic E-state index is 13.6. The summed E-state index contributed by atoms with van der Waals surface area (Å²) in [4.78, 5) is 27.4. The number of hydrogen-bond donors (Lipinski definition) is 1. The predicted molar refractivity (Wildman–Crippen MR) is 132 cm³/mol. The first-order valence-corrected chi connectivity index (χ1v) is 11.2. The number of nitrogens with zero attached hydrogens (tertiary/aromatic N) is 4. The maximum absolute atomic E-state index is 13.6. The van der Waals surface area contributed by atoms with Crippen LogP contribution in [-0.4, -0.2) is 32.6 Å². The van der Waals surface area contributed by atoms with Crippen molar-refractivity contribution < 1.29 is 4.74 Å². The Morgan fingerprint density at radius 2 is 1.82 bits per heavy atom. The van der Waals surface area contributed by atoms with E-state index in [1.54, 1.807) is 7.11 Å². The SMILES string of the molecule is COc1ccc(-c2[nH]n(-c3nc4ccccc4s3)c(=O)c2C(C)=Nc2cccc(C)n2)cc1. The molecule has 0 unspecified atom stereocenters. The second kappa shape index (κ2) is 8.48. The molecule has 3 aromatic heterocycles. The number of aryl methyl sites for hydroxylation is 1. The van der Waals surface area contributed by atoms with Gasteiger partial charge in [-0.25, -0.2) is 15.0 Å². The van der Waals surface area contributed by atoms with E-state index in [-0.39, 0.29) is 5.56 Å². The molecule has 2 aromatic carbocycles. The summed E-state index contributed by atoms with van der Waals surface area (Å²) in [7, 11) is 1.62. The van der Waals surface area contributed by atoms with Gasteiger partial charge in [-0.1, -0.05) is 29.5 Å². The fourth-order valence-corrected chi connectivity index (χ4v) is 4.57. The topological polar surface area (TPSA) is 85.2 Å². The van der Waals surface area contributed by atoms with Gasteiger partial charge in [0.15, 0.2) is 5.82 Å². The van der Waals surface area contributed by atoms with Gasteiger partial charge in [0, 0.05) is 11.3 Å². The minimum absolute atomic E-state index is 0.214. The summed E-state index contributed by atoms with van der Waals surface area (Å²) in [6.45, 7) is 3.73. The van der Waals surface area contributed by atoms with Crippen molar-refractivity contribution in [2.75, 3.05) is 7.11 Å². The van der Waals surface area contributed by atoms with E-state index in [9.17, 15) is 4.79 Å². The number of hydrogen-bond acceptors (Lipinski definition) is 6. The van der Waals surface area contributed by atoms with Crippen molar-refractivity contribution in [3.8, 4) is 22.1 Å². The molecular weight excluding hydrogens is 434 g/mol. The Hall–Kier alpha value is -4.04. The molecule has 0 aliphatic rings. The number of H-pyrrole nitrogens is 1. The van der Waals surface area contributed by atoms with Gasteiger partial charge in [-0.3, -0.25) is 9.89 Å². The number of pyridine rings is 1. The van der Waals surface area contributed by atoms with Crippen molar-refractivity contribution in [3.63, 3.8) is 0 Å². The first kappa shape index (κ1) is 20.8. The van der Waals surface area contributed by atoms with Gasteiger partial charge >= 0.3 is 0 Å². The normalized spacial score (nSPS) is 11.8. The number of fused-ring (bicyclic) bond motifs is 1. The first-order chi connectivity index (χ1) is 16.0. The van der Waals surface area contributed by atoms with Gasteiger partial charge in [0.1, 0.15) is 5.75 Å². The largest absolute Gasteiger partial charge is 0.497 e. The molecule has 0 saturated heterocycles. The summed E-state index contributed by atoms with van der Waals surface area (Å²) >= 11 is 1.45. The summed E-state index contributed by atoms with van der Waals surface area (Å²) in [6, 6.07) is 21.0. The van der Waals surface area contributed by atoms with Crippen LogP contribution in [0.2, 0.25) is 0 Å². The van der Waals surface area contributed by atoms with E-state index < -0.39 is 0 Å². The lowest BCUT2D eigenvalue weighted by Crippen LogP contribution is -2.19. The highest BCUT2D eigenvalue weighted by Gasteiger charge is 2.21. The number of aliphatic imine (C=N–C) groups is 1. The molecule has 3 heterocycles. The number of nitrogens with one attached hydrogen (secondary N) is 1. The van der Waals surface area contributed by atoms with Crippen LogP contribution in [0.4, 0.5) is 5.82 Å². The number of methoxy groups -OCH3 is 1. The Balaban J connectivity index is 1.70. The van der Waals surface area contributed by atoms with Gasteiger partial charge in [0.05, 0.1) is 34.3 Å². The molecule has 7 nitrogen and oxygen atoms in total. The Morgan fingerprint density at radius 1 is 1.03 bits per heavy atom. The fourth-order valence-electron chi connectivity index (χ4n) is 3.65. The molecular formula is C25H21N5O2S. The zero-order chi connectivity index (χ0) is 22.9. The molecule has 0 bridgehead atoms. The Labute approximate surface area is 194 Å². The predicted octanol–water partition coefficient (Wildman–Crippen LogP) is 5.30. The number of thiazole rings is 1. The Kier molecular flexibility index (Phi) is 5.35. The molecule has 0 amide bonds. The maximum Gasteiger partial charge on any atom is 0.283 e. The van der Waals surface area contributed by atoms with E-state index in [0.29, 0.717) is 27.9 Å². The lowest BCUT2D eigenvalue weighted by atomic mass is 10.1. The minimum Gasteiger partial charge on any atom is -0.497 e. The number of rotatable bonds is 5. The molecule has 33 heavy (non-hydrogen) atoms. The van der Waals surface area contributed by atoms with Gasteiger partial charge < -0.3 is 4.74 Å². The number of benzene rings is 2. The molecule has 0 saturated carbocycles. The van der Waals surface area contributed by atoms with Gasteiger partial charge in [-0.15, -0.1) is 0 Å². The van der Waals surface area contributed by atoms with E-state index >= 15 is 0 Å². The van der Waals surface area contributed by atoms with Gasteiger partial charge in [-0.05, 0) is 62.4 Å². The first-order valence-electron chi connectivity index (χ1n) is 10.4. The molecule has 8 heteroatoms. The van der Waals surface area contributed by atoms with Crippen LogP contribution in [0.15, 0.2) is 76.5 Å². The number of ether oxygens (including phenoxy) is 1. The third-order valence-corrected chi connectivity index (χ3v) is 6.28. The highest BCUT2D eigenvalue weighted by Crippen LogP contribution is 2.27. The zero-order valence-electron chi connectivity index (χ0n) is 18.4. The molecule has 164 valence electrons. The van der Waals surface area contributed by atoms with Crippen LogP contribution < -0.4 is 10.3 Å². The lowest BCUT2D eigenvalue weighted by Gasteiger charge is -2.05. The fraction of sp³-hybridized carbons (Fsp3) is 0.120. The van der Waals surface area contributed by atoms with Crippen LogP contribution in [0.1, 0.15) is 18.2 Å². The minimum atomic E-state index is -0.214. The molecule has 0 radical (unpaired) electrons. The van der Waals surface area contributed by atoms with E-state index in [1.165, 1.54) is 16.0 Å². The zero-order valence-corrected chi connectivity index (χ0v) is 19.2. The molecule has 1 N–H and O–H groups in total. The molecule has 0 fully saturated rings. The van der Waals surface area contributed by atoms with Crippen LogP contribution in [0.3, 0.4) is 0 Å². The third-order valence-electron chi connectivity index (χ3n) is 5.26. The summed E-state index contributed by atoms with van der Waals surface area (Å²) < 4.78 is 7.79. The van der Waals surface area contributed by atoms with Gasteiger partial charge in [0.25, 0.3) is 5.56 Å². The van der Waals surface area contributed by atoms with Gasteiger partial charge in [-0.2, -0.15) is 4.68 Å². The summed E-state index contributed by atoms with van der Waals surface area (Å²) in [5, 5.41) is 3.84. The Bertz CT molecular complexity index is 1510. The second-order valence-corrected chi connectivity index (χ2v) is 8.54. The van der Waals surface area contributed by atoms with Crippen LogP contribution in [0, 0.1) is 6.92 Å². The molecule has 0 atom stereocenters. The summed E-state index contributed by atoms with van der Waals surface area (Å²) in [5.41, 5.74) is 4.04. The molecule has 0 spiro atoms. The number of para-hydroxylation sites is 1. The number of aromatic amines is 1. The number of aromatic nitrogens is 4. The molecule has 0 aliphatic carbocycles. The van der Waals surface area contributed by atoms with Gasteiger partial charge in [0.2, 0.25) is 5.13 Å². The average molecular weight is 456 g/mol. The quantitative estimate of drug-likeness (QED) is 0.365. The van der Waals surface area contributed by atoms with Crippen molar-refractivity contribution in [2.24, 2.45) is 4.99 Å². The van der Waals surface area contributed by atoms with Crippen LogP contribution >= 0.6 is 11.3 Å². The van der Waals surface area contributed by atoms with E-state index in [0.717, 1.165) is 27.2 Å². The van der Waals surface area contributed by atoms with E-state index in [1.807, 2.05) is 80.6 Å². The van der Waals surface area contributed by atoms with Crippen molar-refractivity contribution >= 4 is 33.1 Å². The molecule has 5 rings (SSSR count). The third kappa shape index (κ3) is 3.96. The van der Waals surface area contributed by atoms with Crippen molar-refractivity contribution in [1.82, 2.24) is 19.7 Å². The van der Waals surface area contributed by atoms with Crippen LogP contribution in [-0.2, 0) is 0 Å². The van der Waals surface area contributed by atoms with Crippen molar-refractivity contribution in [2.45, 2.75) is 13.8 Å².